The molecule has 0 heterocycles. The Morgan fingerprint density at radius 1 is 0.952 bits per heavy atom. The van der Waals surface area contributed by atoms with Crippen molar-refractivity contribution in [3.63, 3.8) is 0 Å². The van der Waals surface area contributed by atoms with Crippen LogP contribution in [0.25, 0.3) is 6.08 Å². The van der Waals surface area contributed by atoms with Crippen molar-refractivity contribution in [1.82, 2.24) is 0 Å². The van der Waals surface area contributed by atoms with Gasteiger partial charge >= 0.3 is 0 Å². The van der Waals surface area contributed by atoms with E-state index in [4.69, 9.17) is 18.9 Å². The molecule has 118 valence electrons. The normalized spacial score (nSPS) is 10.5. The van der Waals surface area contributed by atoms with E-state index >= 15 is 0 Å². The van der Waals surface area contributed by atoms with Gasteiger partial charge in [0.15, 0.2) is 0 Å². The molecule has 1 aromatic rings. The smallest absolute Gasteiger partial charge is 0.148 e. The average molecular weight is 295 g/mol. The molecule has 5 nitrogen and oxygen atoms in total. The van der Waals surface area contributed by atoms with Crippen LogP contribution < -0.4 is 4.90 Å². The zero-order chi connectivity index (χ0) is 15.5. The lowest BCUT2D eigenvalue weighted by molar-refractivity contribution is -0.0552. The lowest BCUT2D eigenvalue weighted by atomic mass is 10.1. The summed E-state index contributed by atoms with van der Waals surface area (Å²) < 4.78 is 20.6. The molecule has 0 fully saturated rings. The molecule has 0 saturated heterocycles. The standard InChI is InChI=1S/C16H25NO4/c1-14(2)9-15-5-7-16(8-6-15)17(10-20-12-18-3)11-21-13-19-4/h5-9H,10-13H2,1-4H3. The van der Waals surface area contributed by atoms with Crippen LogP contribution in [0.2, 0.25) is 0 Å². The Labute approximate surface area is 127 Å². The molecule has 0 N–H and O–H groups in total. The van der Waals surface area contributed by atoms with Gasteiger partial charge < -0.3 is 23.8 Å². The quantitative estimate of drug-likeness (QED) is 0.490. The Morgan fingerprint density at radius 3 is 1.90 bits per heavy atom. The van der Waals surface area contributed by atoms with Crippen molar-refractivity contribution in [3.8, 4) is 0 Å². The second-order valence-corrected chi connectivity index (χ2v) is 4.83. The van der Waals surface area contributed by atoms with Crippen molar-refractivity contribution in [2.45, 2.75) is 13.8 Å². The van der Waals surface area contributed by atoms with E-state index < -0.39 is 0 Å². The van der Waals surface area contributed by atoms with Gasteiger partial charge in [0.1, 0.15) is 27.0 Å². The molecule has 0 bridgehead atoms. The Morgan fingerprint density at radius 2 is 1.48 bits per heavy atom. The molecule has 0 spiro atoms. The molecule has 5 heteroatoms. The third-order valence-corrected chi connectivity index (χ3v) is 2.61. The van der Waals surface area contributed by atoms with Crippen molar-refractivity contribution in [3.05, 3.63) is 35.4 Å². The zero-order valence-corrected chi connectivity index (χ0v) is 13.3. The third kappa shape index (κ3) is 7.24. The molecular formula is C16H25NO4. The van der Waals surface area contributed by atoms with E-state index in [1.165, 1.54) is 11.1 Å². The summed E-state index contributed by atoms with van der Waals surface area (Å²) >= 11 is 0. The van der Waals surface area contributed by atoms with Crippen molar-refractivity contribution in [2.24, 2.45) is 0 Å². The molecule has 0 saturated carbocycles. The first-order chi connectivity index (χ1) is 10.2. The Hall–Kier alpha value is -1.40. The van der Waals surface area contributed by atoms with Gasteiger partial charge in [-0.25, -0.2) is 0 Å². The SMILES string of the molecule is COCOCN(COCOC)c1ccc(C=C(C)C)cc1. The van der Waals surface area contributed by atoms with Gasteiger partial charge in [-0.1, -0.05) is 23.8 Å². The number of hydrogen-bond donors (Lipinski definition) is 0. The Balaban J connectivity index is 2.68. The molecule has 0 aliphatic rings. The number of benzene rings is 1. The average Bonchev–Trinajstić information content (AvgIpc) is 2.46. The molecule has 0 aromatic heterocycles. The third-order valence-electron chi connectivity index (χ3n) is 2.61. The molecule has 0 aliphatic carbocycles. The van der Waals surface area contributed by atoms with E-state index in [1.807, 2.05) is 17.0 Å². The van der Waals surface area contributed by atoms with Crippen LogP contribution in [-0.2, 0) is 18.9 Å². The summed E-state index contributed by atoms with van der Waals surface area (Å²) in [7, 11) is 3.19. The minimum absolute atomic E-state index is 0.247. The second kappa shape index (κ2) is 10.3. The van der Waals surface area contributed by atoms with Crippen LogP contribution in [-0.4, -0.2) is 41.3 Å². The minimum Gasteiger partial charge on any atom is -0.359 e. The fourth-order valence-electron chi connectivity index (χ4n) is 1.76. The number of ether oxygens (including phenoxy) is 4. The summed E-state index contributed by atoms with van der Waals surface area (Å²) in [6.45, 7) is 5.43. The number of methoxy groups -OCH3 is 2. The molecule has 0 radical (unpaired) electrons. The number of allylic oxidation sites excluding steroid dienone is 1. The molecule has 0 unspecified atom stereocenters. The van der Waals surface area contributed by atoms with Gasteiger partial charge in [0.2, 0.25) is 0 Å². The summed E-state index contributed by atoms with van der Waals surface area (Å²) in [6, 6.07) is 8.23. The van der Waals surface area contributed by atoms with E-state index in [0.717, 1.165) is 5.69 Å². The van der Waals surface area contributed by atoms with E-state index in [1.54, 1.807) is 14.2 Å². The van der Waals surface area contributed by atoms with E-state index in [9.17, 15) is 0 Å². The number of anilines is 1. The maximum Gasteiger partial charge on any atom is 0.148 e. The minimum atomic E-state index is 0.247. The maximum absolute atomic E-state index is 5.40. The number of hydrogen-bond acceptors (Lipinski definition) is 5. The summed E-state index contributed by atoms with van der Waals surface area (Å²) in [4.78, 5) is 1.96. The first kappa shape index (κ1) is 17.7. The van der Waals surface area contributed by atoms with Gasteiger partial charge in [-0.3, -0.25) is 0 Å². The highest BCUT2D eigenvalue weighted by molar-refractivity contribution is 5.57. The lowest BCUT2D eigenvalue weighted by Gasteiger charge is -2.24. The van der Waals surface area contributed by atoms with E-state index in [2.05, 4.69) is 32.1 Å². The van der Waals surface area contributed by atoms with Gasteiger partial charge in [0.25, 0.3) is 0 Å². The Bertz CT molecular complexity index is 403. The summed E-state index contributed by atoms with van der Waals surface area (Å²) in [5, 5.41) is 0. The van der Waals surface area contributed by atoms with Gasteiger partial charge in [0, 0.05) is 19.9 Å². The monoisotopic (exact) mass is 295 g/mol. The largest absolute Gasteiger partial charge is 0.359 e. The molecule has 0 amide bonds. The maximum atomic E-state index is 5.40. The van der Waals surface area contributed by atoms with Crippen LogP contribution in [0.15, 0.2) is 29.8 Å². The van der Waals surface area contributed by atoms with Crippen LogP contribution in [0.3, 0.4) is 0 Å². The summed E-state index contributed by atoms with van der Waals surface area (Å²) in [5.41, 5.74) is 3.47. The van der Waals surface area contributed by atoms with Crippen LogP contribution in [0.4, 0.5) is 5.69 Å². The number of nitrogens with zero attached hydrogens (tertiary/aromatic N) is 1. The predicted octanol–water partition coefficient (Wildman–Crippen LogP) is 3.07. The van der Waals surface area contributed by atoms with Crippen molar-refractivity contribution >= 4 is 11.8 Å². The van der Waals surface area contributed by atoms with Crippen LogP contribution >= 0.6 is 0 Å². The van der Waals surface area contributed by atoms with E-state index in [0.29, 0.717) is 13.5 Å². The first-order valence-corrected chi connectivity index (χ1v) is 6.80. The number of rotatable bonds is 10. The van der Waals surface area contributed by atoms with E-state index in [-0.39, 0.29) is 13.6 Å². The molecular weight excluding hydrogens is 270 g/mol. The highest BCUT2D eigenvalue weighted by atomic mass is 16.7. The van der Waals surface area contributed by atoms with Gasteiger partial charge in [-0.15, -0.1) is 0 Å². The topological polar surface area (TPSA) is 40.2 Å². The molecule has 1 aromatic carbocycles. The lowest BCUT2D eigenvalue weighted by Crippen LogP contribution is -2.29. The highest BCUT2D eigenvalue weighted by Gasteiger charge is 2.06. The predicted molar refractivity (Wildman–Crippen MR) is 83.9 cm³/mol. The molecule has 21 heavy (non-hydrogen) atoms. The van der Waals surface area contributed by atoms with Crippen LogP contribution in [0.1, 0.15) is 19.4 Å². The summed E-state index contributed by atoms with van der Waals surface area (Å²) in [6.07, 6.45) is 2.14. The summed E-state index contributed by atoms with van der Waals surface area (Å²) in [5.74, 6) is 0. The fraction of sp³-hybridized carbons (Fsp3) is 0.500. The second-order valence-electron chi connectivity index (χ2n) is 4.83. The van der Waals surface area contributed by atoms with Crippen molar-refractivity contribution < 1.29 is 18.9 Å². The molecule has 0 aliphatic heterocycles. The van der Waals surface area contributed by atoms with Gasteiger partial charge in [-0.05, 0) is 31.5 Å². The van der Waals surface area contributed by atoms with Crippen LogP contribution in [0, 0.1) is 0 Å². The van der Waals surface area contributed by atoms with Gasteiger partial charge in [-0.2, -0.15) is 0 Å². The zero-order valence-electron chi connectivity index (χ0n) is 13.3. The Kier molecular flexibility index (Phi) is 8.69. The van der Waals surface area contributed by atoms with Crippen molar-refractivity contribution in [1.29, 1.82) is 0 Å². The first-order valence-electron chi connectivity index (χ1n) is 6.80. The molecule has 0 atom stereocenters. The molecule has 1 rings (SSSR count). The van der Waals surface area contributed by atoms with Crippen LogP contribution in [0.5, 0.6) is 0 Å². The van der Waals surface area contributed by atoms with Crippen molar-refractivity contribution in [2.75, 3.05) is 46.2 Å². The fourth-order valence-corrected chi connectivity index (χ4v) is 1.76. The highest BCUT2D eigenvalue weighted by Crippen LogP contribution is 2.17. The van der Waals surface area contributed by atoms with Gasteiger partial charge in [0.05, 0.1) is 0 Å².